The van der Waals surface area contributed by atoms with Crippen molar-refractivity contribution in [3.05, 3.63) is 59.7 Å². The van der Waals surface area contributed by atoms with E-state index in [4.69, 9.17) is 14.2 Å². The van der Waals surface area contributed by atoms with Crippen molar-refractivity contribution < 1.29 is 14.2 Å². The van der Waals surface area contributed by atoms with E-state index < -0.39 is 0 Å². The molecule has 0 aliphatic rings. The van der Waals surface area contributed by atoms with E-state index in [0.29, 0.717) is 0 Å². The fourth-order valence-corrected chi connectivity index (χ4v) is 2.21. The van der Waals surface area contributed by atoms with Crippen LogP contribution < -0.4 is 9.47 Å². The minimum absolute atomic E-state index is 0.0213. The number of ether oxygens (including phenoxy) is 3. The van der Waals surface area contributed by atoms with Gasteiger partial charge in [-0.3, -0.25) is 0 Å². The molecule has 21 heavy (non-hydrogen) atoms. The molecule has 0 aliphatic heterocycles. The van der Waals surface area contributed by atoms with Crippen molar-refractivity contribution in [1.82, 2.24) is 0 Å². The van der Waals surface area contributed by atoms with Crippen LogP contribution >= 0.6 is 0 Å². The van der Waals surface area contributed by atoms with Crippen LogP contribution in [0, 0.1) is 0 Å². The summed E-state index contributed by atoms with van der Waals surface area (Å²) >= 11 is 0. The normalized spacial score (nSPS) is 13.5. The van der Waals surface area contributed by atoms with Gasteiger partial charge >= 0.3 is 0 Å². The molecule has 2 unspecified atom stereocenters. The summed E-state index contributed by atoms with van der Waals surface area (Å²) in [7, 11) is 3.33. The lowest BCUT2D eigenvalue weighted by Crippen LogP contribution is -2.05. The van der Waals surface area contributed by atoms with E-state index in [1.165, 1.54) is 0 Å². The van der Waals surface area contributed by atoms with Crippen molar-refractivity contribution in [2.75, 3.05) is 14.2 Å². The zero-order valence-electron chi connectivity index (χ0n) is 13.0. The quantitative estimate of drug-likeness (QED) is 0.780. The lowest BCUT2D eigenvalue weighted by Gasteiger charge is -2.20. The van der Waals surface area contributed by atoms with Gasteiger partial charge in [0.15, 0.2) is 0 Å². The largest absolute Gasteiger partial charge is 0.497 e. The number of benzene rings is 2. The van der Waals surface area contributed by atoms with E-state index in [9.17, 15) is 0 Å². The Labute approximate surface area is 126 Å². The molecule has 3 heteroatoms. The van der Waals surface area contributed by atoms with E-state index in [1.807, 2.05) is 48.5 Å². The molecule has 0 saturated carbocycles. The monoisotopic (exact) mass is 286 g/mol. The Bertz CT molecular complexity index is 494. The van der Waals surface area contributed by atoms with Crippen LogP contribution in [0.5, 0.6) is 11.5 Å². The van der Waals surface area contributed by atoms with Crippen molar-refractivity contribution in [3.63, 3.8) is 0 Å². The molecule has 2 aromatic carbocycles. The first kappa shape index (κ1) is 15.4. The average Bonchev–Trinajstić information content (AvgIpc) is 2.55. The molecule has 0 saturated heterocycles. The summed E-state index contributed by atoms with van der Waals surface area (Å²) in [6.45, 7) is 4.11. The van der Waals surface area contributed by atoms with Gasteiger partial charge in [-0.15, -0.1) is 0 Å². The standard InChI is InChI=1S/C18H22O3/c1-13(15-5-9-17(19-3)10-6-15)21-14(2)16-7-11-18(20-4)12-8-16/h5-14H,1-4H3. The highest BCUT2D eigenvalue weighted by Gasteiger charge is 2.12. The smallest absolute Gasteiger partial charge is 0.118 e. The third kappa shape index (κ3) is 3.99. The van der Waals surface area contributed by atoms with Crippen LogP contribution in [0.1, 0.15) is 37.2 Å². The molecule has 0 amide bonds. The third-order valence-electron chi connectivity index (χ3n) is 3.58. The summed E-state index contributed by atoms with van der Waals surface area (Å²) in [5.41, 5.74) is 2.27. The Morgan fingerprint density at radius 1 is 0.619 bits per heavy atom. The van der Waals surface area contributed by atoms with Gasteiger partial charge in [0.1, 0.15) is 11.5 Å². The molecule has 0 fully saturated rings. The van der Waals surface area contributed by atoms with Gasteiger partial charge in [0.25, 0.3) is 0 Å². The average molecular weight is 286 g/mol. The summed E-state index contributed by atoms with van der Waals surface area (Å²) in [6, 6.07) is 15.9. The van der Waals surface area contributed by atoms with Gasteiger partial charge in [-0.2, -0.15) is 0 Å². The Balaban J connectivity index is 2.01. The fourth-order valence-electron chi connectivity index (χ4n) is 2.21. The molecule has 0 bridgehead atoms. The molecule has 3 nitrogen and oxygen atoms in total. The van der Waals surface area contributed by atoms with Crippen LogP contribution in [-0.2, 0) is 4.74 Å². The number of rotatable bonds is 6. The van der Waals surface area contributed by atoms with E-state index in [1.54, 1.807) is 14.2 Å². The lowest BCUT2D eigenvalue weighted by atomic mass is 10.1. The maximum atomic E-state index is 6.09. The zero-order valence-corrected chi connectivity index (χ0v) is 13.0. The number of methoxy groups -OCH3 is 2. The van der Waals surface area contributed by atoms with Crippen LogP contribution in [0.3, 0.4) is 0 Å². The molecule has 2 atom stereocenters. The van der Waals surface area contributed by atoms with Gasteiger partial charge in [0.05, 0.1) is 26.4 Å². The van der Waals surface area contributed by atoms with Crippen molar-refractivity contribution in [2.45, 2.75) is 26.1 Å². The minimum Gasteiger partial charge on any atom is -0.497 e. The first-order valence-corrected chi connectivity index (χ1v) is 7.07. The van der Waals surface area contributed by atoms with Crippen molar-refractivity contribution in [1.29, 1.82) is 0 Å². The predicted molar refractivity (Wildman–Crippen MR) is 83.9 cm³/mol. The summed E-state index contributed by atoms with van der Waals surface area (Å²) in [6.07, 6.45) is 0.0426. The van der Waals surface area contributed by atoms with Crippen LogP contribution in [0.4, 0.5) is 0 Å². The van der Waals surface area contributed by atoms with Gasteiger partial charge in [-0.25, -0.2) is 0 Å². The Kier molecular flexibility index (Phi) is 5.23. The zero-order chi connectivity index (χ0) is 15.2. The summed E-state index contributed by atoms with van der Waals surface area (Å²) < 4.78 is 16.4. The van der Waals surface area contributed by atoms with Crippen molar-refractivity contribution in [3.8, 4) is 11.5 Å². The maximum absolute atomic E-state index is 6.09. The third-order valence-corrected chi connectivity index (χ3v) is 3.58. The highest BCUT2D eigenvalue weighted by Crippen LogP contribution is 2.28. The topological polar surface area (TPSA) is 27.7 Å². The number of hydrogen-bond acceptors (Lipinski definition) is 3. The van der Waals surface area contributed by atoms with Gasteiger partial charge in [-0.05, 0) is 49.2 Å². The van der Waals surface area contributed by atoms with Crippen molar-refractivity contribution >= 4 is 0 Å². The van der Waals surface area contributed by atoms with Gasteiger partial charge in [0, 0.05) is 0 Å². The SMILES string of the molecule is COc1ccc(C(C)OC(C)c2ccc(OC)cc2)cc1. The maximum Gasteiger partial charge on any atom is 0.118 e. The predicted octanol–water partition coefficient (Wildman–Crippen LogP) is 4.54. The molecule has 2 aromatic rings. The molecule has 2 rings (SSSR count). The molecular formula is C18H22O3. The van der Waals surface area contributed by atoms with Crippen LogP contribution in [0.2, 0.25) is 0 Å². The second-order valence-corrected chi connectivity index (χ2v) is 4.97. The van der Waals surface area contributed by atoms with Gasteiger partial charge in [-0.1, -0.05) is 24.3 Å². The molecule has 0 spiro atoms. The molecule has 0 heterocycles. The first-order chi connectivity index (χ1) is 10.1. The van der Waals surface area contributed by atoms with E-state index >= 15 is 0 Å². The van der Waals surface area contributed by atoms with E-state index in [2.05, 4.69) is 13.8 Å². The second-order valence-electron chi connectivity index (χ2n) is 4.97. The fraction of sp³-hybridized carbons (Fsp3) is 0.333. The molecular weight excluding hydrogens is 264 g/mol. The Hall–Kier alpha value is -2.00. The van der Waals surface area contributed by atoms with E-state index in [-0.39, 0.29) is 12.2 Å². The summed E-state index contributed by atoms with van der Waals surface area (Å²) in [4.78, 5) is 0. The highest BCUT2D eigenvalue weighted by atomic mass is 16.5. The van der Waals surface area contributed by atoms with Crippen LogP contribution in [-0.4, -0.2) is 14.2 Å². The van der Waals surface area contributed by atoms with Crippen molar-refractivity contribution in [2.24, 2.45) is 0 Å². The van der Waals surface area contributed by atoms with Crippen LogP contribution in [0.15, 0.2) is 48.5 Å². The van der Waals surface area contributed by atoms with E-state index in [0.717, 1.165) is 22.6 Å². The van der Waals surface area contributed by atoms with Gasteiger partial charge < -0.3 is 14.2 Å². The summed E-state index contributed by atoms with van der Waals surface area (Å²) in [5.74, 6) is 1.71. The molecule has 0 radical (unpaired) electrons. The second kappa shape index (κ2) is 7.14. The first-order valence-electron chi connectivity index (χ1n) is 7.07. The molecule has 112 valence electrons. The molecule has 0 N–H and O–H groups in total. The Morgan fingerprint density at radius 3 is 1.24 bits per heavy atom. The highest BCUT2D eigenvalue weighted by molar-refractivity contribution is 5.30. The summed E-state index contributed by atoms with van der Waals surface area (Å²) in [5, 5.41) is 0. The minimum atomic E-state index is 0.0213. The molecule has 0 aromatic heterocycles. The van der Waals surface area contributed by atoms with Crippen LogP contribution in [0.25, 0.3) is 0 Å². The van der Waals surface area contributed by atoms with Gasteiger partial charge in [0.2, 0.25) is 0 Å². The lowest BCUT2D eigenvalue weighted by molar-refractivity contribution is 0.00583. The Morgan fingerprint density at radius 2 is 0.952 bits per heavy atom. The molecule has 0 aliphatic carbocycles. The number of hydrogen-bond donors (Lipinski definition) is 0.